The maximum Gasteiger partial charge on any atom is 0.273 e. The van der Waals surface area contributed by atoms with Crippen molar-refractivity contribution in [2.24, 2.45) is 0 Å². The summed E-state index contributed by atoms with van der Waals surface area (Å²) in [7, 11) is 0. The highest BCUT2D eigenvalue weighted by atomic mass is 16.3. The van der Waals surface area contributed by atoms with Gasteiger partial charge in [0.25, 0.3) is 5.91 Å². The van der Waals surface area contributed by atoms with Crippen LogP contribution in [-0.2, 0) is 13.1 Å². The largest absolute Gasteiger partial charge is 0.447 e. The zero-order chi connectivity index (χ0) is 16.8. The van der Waals surface area contributed by atoms with E-state index in [4.69, 9.17) is 4.42 Å². The van der Waals surface area contributed by atoms with Crippen LogP contribution in [0.1, 0.15) is 48.3 Å². The number of carbonyl (C=O) groups is 1. The molecule has 0 atom stereocenters. The Balaban J connectivity index is 2.06. The molecule has 1 aromatic heterocycles. The summed E-state index contributed by atoms with van der Waals surface area (Å²) in [5.41, 5.74) is 2.84. The van der Waals surface area contributed by atoms with Crippen LogP contribution in [0, 0.1) is 6.92 Å². The van der Waals surface area contributed by atoms with Crippen molar-refractivity contribution in [3.63, 3.8) is 0 Å². The maximum absolute atomic E-state index is 11.8. The highest BCUT2D eigenvalue weighted by Crippen LogP contribution is 2.14. The minimum atomic E-state index is -0.197. The zero-order valence-electron chi connectivity index (χ0n) is 14.3. The average Bonchev–Trinajstić information content (AvgIpc) is 2.95. The minimum absolute atomic E-state index is 0.197. The Kier molecular flexibility index (Phi) is 5.93. The molecule has 0 aliphatic carbocycles. The predicted octanol–water partition coefficient (Wildman–Crippen LogP) is 3.14. The van der Waals surface area contributed by atoms with Crippen LogP contribution < -0.4 is 5.32 Å². The fraction of sp³-hybridized carbons (Fsp3) is 0.444. The first-order valence-electron chi connectivity index (χ1n) is 8.01. The average molecular weight is 315 g/mol. The Morgan fingerprint density at radius 2 is 2.13 bits per heavy atom. The van der Waals surface area contributed by atoms with E-state index in [1.165, 1.54) is 17.4 Å². The van der Waals surface area contributed by atoms with Crippen molar-refractivity contribution in [3.8, 4) is 0 Å². The van der Waals surface area contributed by atoms with Crippen LogP contribution in [0.3, 0.4) is 0 Å². The van der Waals surface area contributed by atoms with Crippen LogP contribution in [0.4, 0.5) is 0 Å². The Morgan fingerprint density at radius 3 is 2.78 bits per heavy atom. The van der Waals surface area contributed by atoms with Crippen LogP contribution in [0.15, 0.2) is 34.9 Å². The molecule has 1 amide bonds. The van der Waals surface area contributed by atoms with Gasteiger partial charge in [0, 0.05) is 19.1 Å². The third-order valence-electron chi connectivity index (χ3n) is 3.66. The molecule has 2 rings (SSSR count). The van der Waals surface area contributed by atoms with Gasteiger partial charge < -0.3 is 9.73 Å². The first-order valence-corrected chi connectivity index (χ1v) is 8.01. The summed E-state index contributed by atoms with van der Waals surface area (Å²) in [5.74, 6) is 0.366. The molecular weight excluding hydrogens is 290 g/mol. The molecule has 1 heterocycles. The summed E-state index contributed by atoms with van der Waals surface area (Å²) in [5, 5.41) is 2.72. The number of amides is 1. The summed E-state index contributed by atoms with van der Waals surface area (Å²) in [4.78, 5) is 18.3. The van der Waals surface area contributed by atoms with Gasteiger partial charge in [0.2, 0.25) is 5.89 Å². The minimum Gasteiger partial charge on any atom is -0.447 e. The number of nitrogens with zero attached hydrogens (tertiary/aromatic N) is 2. The highest BCUT2D eigenvalue weighted by molar-refractivity contribution is 5.91. The number of aromatic nitrogens is 1. The van der Waals surface area contributed by atoms with Gasteiger partial charge in [0.05, 0.1) is 6.54 Å². The zero-order valence-corrected chi connectivity index (χ0v) is 14.3. The molecule has 5 nitrogen and oxygen atoms in total. The molecular formula is C18H25N3O2. The first kappa shape index (κ1) is 17.2. The molecule has 0 radical (unpaired) electrons. The van der Waals surface area contributed by atoms with Crippen LogP contribution in [0.2, 0.25) is 0 Å². The van der Waals surface area contributed by atoms with Crippen molar-refractivity contribution in [1.29, 1.82) is 0 Å². The Morgan fingerprint density at radius 1 is 1.35 bits per heavy atom. The number of hydrogen-bond donors (Lipinski definition) is 1. The van der Waals surface area contributed by atoms with E-state index >= 15 is 0 Å². The maximum atomic E-state index is 11.8. The number of benzene rings is 1. The summed E-state index contributed by atoms with van der Waals surface area (Å²) in [6.45, 7) is 10.2. The van der Waals surface area contributed by atoms with Crippen LogP contribution in [0.5, 0.6) is 0 Å². The van der Waals surface area contributed by atoms with Gasteiger partial charge >= 0.3 is 0 Å². The molecule has 2 aromatic rings. The second-order valence-electron chi connectivity index (χ2n) is 5.97. The highest BCUT2D eigenvalue weighted by Gasteiger charge is 2.16. The number of nitrogens with one attached hydrogen (secondary N) is 1. The summed E-state index contributed by atoms with van der Waals surface area (Å²) < 4.78 is 5.46. The van der Waals surface area contributed by atoms with Crippen molar-refractivity contribution in [1.82, 2.24) is 15.2 Å². The van der Waals surface area contributed by atoms with Gasteiger partial charge in [-0.3, -0.25) is 9.69 Å². The fourth-order valence-electron chi connectivity index (χ4n) is 2.38. The molecule has 0 spiro atoms. The lowest BCUT2D eigenvalue weighted by Crippen LogP contribution is -2.30. The fourth-order valence-corrected chi connectivity index (χ4v) is 2.38. The van der Waals surface area contributed by atoms with E-state index < -0.39 is 0 Å². The van der Waals surface area contributed by atoms with Gasteiger partial charge in [-0.2, -0.15) is 0 Å². The second-order valence-corrected chi connectivity index (χ2v) is 5.97. The molecule has 0 saturated heterocycles. The Bertz CT molecular complexity index is 649. The number of carbonyl (C=O) groups excluding carboxylic acids is 1. The smallest absolute Gasteiger partial charge is 0.273 e. The standard InChI is InChI=1S/C18H25N3O2/c1-5-19-18(22)16-12-23-17(20-16)11-21(13(2)3)10-15-8-6-7-14(4)9-15/h6-9,12-13H,5,10-11H2,1-4H3,(H,19,22). The van der Waals surface area contributed by atoms with E-state index in [9.17, 15) is 4.79 Å². The molecule has 0 fully saturated rings. The SMILES string of the molecule is CCNC(=O)c1coc(CN(Cc2cccc(C)c2)C(C)C)n1. The lowest BCUT2D eigenvalue weighted by Gasteiger charge is -2.25. The van der Waals surface area contributed by atoms with Gasteiger partial charge in [-0.25, -0.2) is 4.98 Å². The van der Waals surface area contributed by atoms with E-state index in [1.54, 1.807) is 0 Å². The van der Waals surface area contributed by atoms with Crippen LogP contribution in [0.25, 0.3) is 0 Å². The van der Waals surface area contributed by atoms with Gasteiger partial charge in [0.1, 0.15) is 6.26 Å². The normalized spacial score (nSPS) is 11.2. The third-order valence-corrected chi connectivity index (χ3v) is 3.66. The summed E-state index contributed by atoms with van der Waals surface area (Å²) >= 11 is 0. The molecule has 124 valence electrons. The topological polar surface area (TPSA) is 58.4 Å². The van der Waals surface area contributed by atoms with Gasteiger partial charge in [0.15, 0.2) is 5.69 Å². The Labute approximate surface area is 137 Å². The van der Waals surface area contributed by atoms with Crippen molar-refractivity contribution >= 4 is 5.91 Å². The van der Waals surface area contributed by atoms with Gasteiger partial charge in [-0.1, -0.05) is 29.8 Å². The van der Waals surface area contributed by atoms with Gasteiger partial charge in [-0.05, 0) is 33.3 Å². The van der Waals surface area contributed by atoms with Crippen LogP contribution in [-0.4, -0.2) is 28.4 Å². The van der Waals surface area contributed by atoms with Crippen molar-refractivity contribution in [3.05, 3.63) is 53.2 Å². The molecule has 0 saturated carbocycles. The van der Waals surface area contributed by atoms with E-state index in [2.05, 4.69) is 60.2 Å². The second kappa shape index (κ2) is 7.92. The van der Waals surface area contributed by atoms with E-state index in [0.717, 1.165) is 6.54 Å². The number of rotatable bonds is 7. The Hall–Kier alpha value is -2.14. The lowest BCUT2D eigenvalue weighted by molar-refractivity contribution is 0.0950. The molecule has 0 bridgehead atoms. The molecule has 1 N–H and O–H groups in total. The van der Waals surface area contributed by atoms with Crippen molar-refractivity contribution < 1.29 is 9.21 Å². The molecule has 23 heavy (non-hydrogen) atoms. The molecule has 1 aromatic carbocycles. The molecule has 0 unspecified atom stereocenters. The van der Waals surface area contributed by atoms with E-state index in [0.29, 0.717) is 30.7 Å². The molecule has 5 heteroatoms. The monoisotopic (exact) mass is 315 g/mol. The number of oxazole rings is 1. The summed E-state index contributed by atoms with van der Waals surface area (Å²) in [6.07, 6.45) is 1.42. The van der Waals surface area contributed by atoms with E-state index in [1.807, 2.05) is 6.92 Å². The molecule has 0 aliphatic rings. The molecule has 0 aliphatic heterocycles. The van der Waals surface area contributed by atoms with Crippen molar-refractivity contribution in [2.45, 2.75) is 46.8 Å². The third kappa shape index (κ3) is 4.93. The van der Waals surface area contributed by atoms with Crippen LogP contribution >= 0.6 is 0 Å². The summed E-state index contributed by atoms with van der Waals surface area (Å²) in [6, 6.07) is 8.82. The predicted molar refractivity (Wildman–Crippen MR) is 90.1 cm³/mol. The number of aryl methyl sites for hydroxylation is 1. The lowest BCUT2D eigenvalue weighted by atomic mass is 10.1. The number of hydrogen-bond acceptors (Lipinski definition) is 4. The van der Waals surface area contributed by atoms with Crippen molar-refractivity contribution in [2.75, 3.05) is 6.54 Å². The van der Waals surface area contributed by atoms with E-state index in [-0.39, 0.29) is 5.91 Å². The quantitative estimate of drug-likeness (QED) is 0.853. The first-order chi connectivity index (χ1) is 11.0. The van der Waals surface area contributed by atoms with Gasteiger partial charge in [-0.15, -0.1) is 0 Å².